The van der Waals surface area contributed by atoms with Crippen LogP contribution >= 0.6 is 34.7 Å². The van der Waals surface area contributed by atoms with Gasteiger partial charge in [-0.05, 0) is 74.7 Å². The first-order chi connectivity index (χ1) is 17.9. The molecule has 0 fully saturated rings. The number of thiophene rings is 1. The maximum absolute atomic E-state index is 13.2. The molecule has 5 aromatic rings. The topological polar surface area (TPSA) is 117 Å². The van der Waals surface area contributed by atoms with Crippen LogP contribution in [0.4, 0.5) is 5.69 Å². The summed E-state index contributed by atoms with van der Waals surface area (Å²) in [4.78, 5) is 18.7. The number of hydrogen-bond acceptors (Lipinski definition) is 8. The molecule has 0 atom stereocenters. The highest BCUT2D eigenvalue weighted by Gasteiger charge is 2.26. The van der Waals surface area contributed by atoms with E-state index in [9.17, 15) is 4.79 Å². The van der Waals surface area contributed by atoms with Crippen molar-refractivity contribution in [3.05, 3.63) is 55.8 Å². The molecule has 9 nitrogen and oxygen atoms in total. The van der Waals surface area contributed by atoms with E-state index in [0.29, 0.717) is 38.9 Å². The standard InChI is InChI=1S/C25H24ClN7O2S2/c1-4-35-14-10-8-13(9-11-14)33-22(20-18(26)12(2)32(3)31-20)29-30-25(33)37-21-19(27)17-15-6-5-7-16(15)36-24(17)28-23(21)34/h8-11H,4-7H2,1-3H3,(H3,27,28,34). The summed E-state index contributed by atoms with van der Waals surface area (Å²) in [5, 5.41) is 15.4. The van der Waals surface area contributed by atoms with Crippen LogP contribution in [0.15, 0.2) is 39.1 Å². The number of hydrogen-bond donors (Lipinski definition) is 2. The van der Waals surface area contributed by atoms with Gasteiger partial charge in [0.25, 0.3) is 5.56 Å². The second-order valence-electron chi connectivity index (χ2n) is 8.80. The Labute approximate surface area is 225 Å². The number of benzene rings is 1. The Bertz CT molecular complexity index is 1720. The number of aromatic nitrogens is 6. The van der Waals surface area contributed by atoms with Crippen molar-refractivity contribution < 1.29 is 4.74 Å². The molecular weight excluding hydrogens is 530 g/mol. The van der Waals surface area contributed by atoms with Crippen LogP contribution in [0.3, 0.4) is 0 Å². The van der Waals surface area contributed by atoms with E-state index in [0.717, 1.165) is 46.6 Å². The molecule has 0 aliphatic heterocycles. The van der Waals surface area contributed by atoms with Crippen LogP contribution in [0.25, 0.3) is 27.4 Å². The zero-order valence-electron chi connectivity index (χ0n) is 20.5. The Balaban J connectivity index is 1.52. The monoisotopic (exact) mass is 553 g/mol. The van der Waals surface area contributed by atoms with Crippen LogP contribution in [0, 0.1) is 6.92 Å². The summed E-state index contributed by atoms with van der Waals surface area (Å²) >= 11 is 9.45. The molecule has 0 radical (unpaired) electrons. The molecular formula is C25H24ClN7O2S2. The average molecular weight is 554 g/mol. The van der Waals surface area contributed by atoms with Crippen molar-refractivity contribution in [3.8, 4) is 23.0 Å². The lowest BCUT2D eigenvalue weighted by Crippen LogP contribution is -2.12. The number of aromatic amines is 1. The van der Waals surface area contributed by atoms with Gasteiger partial charge >= 0.3 is 0 Å². The molecule has 4 aromatic heterocycles. The predicted octanol–water partition coefficient (Wildman–Crippen LogP) is 5.15. The molecule has 6 rings (SSSR count). The summed E-state index contributed by atoms with van der Waals surface area (Å²) < 4.78 is 9.16. The van der Waals surface area contributed by atoms with Crippen molar-refractivity contribution in [1.29, 1.82) is 0 Å². The summed E-state index contributed by atoms with van der Waals surface area (Å²) in [6.07, 6.45) is 3.11. The van der Waals surface area contributed by atoms with Crippen molar-refractivity contribution in [1.82, 2.24) is 29.5 Å². The normalized spacial score (nSPS) is 13.0. The van der Waals surface area contributed by atoms with Gasteiger partial charge in [-0.15, -0.1) is 21.5 Å². The van der Waals surface area contributed by atoms with Crippen LogP contribution in [0.5, 0.6) is 5.75 Å². The van der Waals surface area contributed by atoms with Crippen molar-refractivity contribution in [2.75, 3.05) is 12.3 Å². The first-order valence-corrected chi connectivity index (χ1v) is 13.9. The van der Waals surface area contributed by atoms with Gasteiger partial charge in [0.15, 0.2) is 5.82 Å². The highest BCUT2D eigenvalue weighted by molar-refractivity contribution is 7.99. The zero-order chi connectivity index (χ0) is 25.8. The van der Waals surface area contributed by atoms with E-state index < -0.39 is 0 Å². The van der Waals surface area contributed by atoms with E-state index in [1.807, 2.05) is 49.7 Å². The first-order valence-electron chi connectivity index (χ1n) is 11.9. The fraction of sp³-hybridized carbons (Fsp3) is 0.280. The minimum atomic E-state index is -0.246. The van der Waals surface area contributed by atoms with Crippen molar-refractivity contribution in [3.63, 3.8) is 0 Å². The number of anilines is 1. The Morgan fingerprint density at radius 2 is 2.03 bits per heavy atom. The molecule has 0 amide bonds. The van der Waals surface area contributed by atoms with E-state index in [2.05, 4.69) is 20.3 Å². The summed E-state index contributed by atoms with van der Waals surface area (Å²) in [5.41, 5.74) is 10.2. The van der Waals surface area contributed by atoms with E-state index in [-0.39, 0.29) is 5.56 Å². The second kappa shape index (κ2) is 9.23. The number of halogens is 1. The molecule has 4 heterocycles. The molecule has 3 N–H and O–H groups in total. The molecule has 1 aromatic carbocycles. The second-order valence-corrected chi connectivity index (χ2v) is 11.3. The van der Waals surface area contributed by atoms with Crippen molar-refractivity contribution in [2.24, 2.45) is 7.05 Å². The first kappa shape index (κ1) is 24.1. The van der Waals surface area contributed by atoms with Gasteiger partial charge in [-0.3, -0.25) is 14.0 Å². The molecule has 190 valence electrons. The number of ether oxygens (including phenoxy) is 1. The number of pyridine rings is 1. The lowest BCUT2D eigenvalue weighted by Gasteiger charge is -2.12. The van der Waals surface area contributed by atoms with Crippen molar-refractivity contribution >= 4 is 50.6 Å². The Hall–Kier alpha value is -3.28. The Kier molecular flexibility index (Phi) is 6.01. The molecule has 37 heavy (non-hydrogen) atoms. The van der Waals surface area contributed by atoms with Gasteiger partial charge < -0.3 is 15.5 Å². The van der Waals surface area contributed by atoms with Gasteiger partial charge in [-0.2, -0.15) is 5.10 Å². The number of fused-ring (bicyclic) bond motifs is 3. The number of aryl methyl sites for hydroxylation is 3. The zero-order valence-corrected chi connectivity index (χ0v) is 22.9. The van der Waals surface area contributed by atoms with E-state index >= 15 is 0 Å². The molecule has 0 bridgehead atoms. The van der Waals surface area contributed by atoms with Crippen LogP contribution < -0.4 is 16.0 Å². The van der Waals surface area contributed by atoms with Gasteiger partial charge in [0.1, 0.15) is 21.2 Å². The highest BCUT2D eigenvalue weighted by atomic mass is 35.5. The minimum absolute atomic E-state index is 0.246. The third-order valence-corrected chi connectivity index (χ3v) is 9.29. The molecule has 1 aliphatic carbocycles. The molecule has 0 saturated carbocycles. The smallest absolute Gasteiger partial charge is 0.265 e. The molecule has 0 unspecified atom stereocenters. The minimum Gasteiger partial charge on any atom is -0.494 e. The fourth-order valence-electron chi connectivity index (χ4n) is 4.67. The van der Waals surface area contributed by atoms with Gasteiger partial charge in [0.05, 0.1) is 28.7 Å². The lowest BCUT2D eigenvalue weighted by molar-refractivity contribution is 0.340. The van der Waals surface area contributed by atoms with E-state index in [1.54, 1.807) is 16.0 Å². The van der Waals surface area contributed by atoms with E-state index in [1.165, 1.54) is 22.2 Å². The number of nitrogen functional groups attached to an aromatic ring is 1. The number of rotatable bonds is 6. The van der Waals surface area contributed by atoms with Crippen LogP contribution in [-0.4, -0.2) is 36.1 Å². The highest BCUT2D eigenvalue weighted by Crippen LogP contribution is 2.43. The lowest BCUT2D eigenvalue weighted by atomic mass is 10.1. The quantitative estimate of drug-likeness (QED) is 0.298. The summed E-state index contributed by atoms with van der Waals surface area (Å²) in [6.45, 7) is 4.40. The van der Waals surface area contributed by atoms with Crippen LogP contribution in [0.2, 0.25) is 5.02 Å². The molecule has 12 heteroatoms. The van der Waals surface area contributed by atoms with Crippen LogP contribution in [-0.2, 0) is 19.9 Å². The van der Waals surface area contributed by atoms with Crippen LogP contribution in [0.1, 0.15) is 29.5 Å². The van der Waals surface area contributed by atoms with Gasteiger partial charge in [-0.1, -0.05) is 11.6 Å². The average Bonchev–Trinajstić information content (AvgIpc) is 3.63. The van der Waals surface area contributed by atoms with E-state index in [4.69, 9.17) is 22.1 Å². The maximum Gasteiger partial charge on any atom is 0.265 e. The van der Waals surface area contributed by atoms with Crippen molar-refractivity contribution in [2.45, 2.75) is 43.2 Å². The largest absolute Gasteiger partial charge is 0.494 e. The van der Waals surface area contributed by atoms with Gasteiger partial charge in [0.2, 0.25) is 5.16 Å². The number of nitrogens with zero attached hydrogens (tertiary/aromatic N) is 5. The Morgan fingerprint density at radius 3 is 2.73 bits per heavy atom. The van der Waals surface area contributed by atoms with Gasteiger partial charge in [0, 0.05) is 17.3 Å². The third-order valence-electron chi connectivity index (χ3n) is 6.57. The SMILES string of the molecule is CCOc1ccc(-n2c(Sc3c(N)c4c5c(sc4[nH]c3=O)CCC5)nnc2-c2nn(C)c(C)c2Cl)cc1. The fourth-order valence-corrected chi connectivity index (χ4v) is 7.12. The summed E-state index contributed by atoms with van der Waals surface area (Å²) in [5.74, 6) is 1.21. The van der Waals surface area contributed by atoms with Gasteiger partial charge in [-0.25, -0.2) is 0 Å². The summed E-state index contributed by atoms with van der Waals surface area (Å²) in [6, 6.07) is 7.58. The summed E-state index contributed by atoms with van der Waals surface area (Å²) in [7, 11) is 1.83. The number of nitrogens with two attached hydrogens (primary N) is 1. The third kappa shape index (κ3) is 3.92. The Morgan fingerprint density at radius 1 is 1.24 bits per heavy atom. The maximum atomic E-state index is 13.2. The number of H-pyrrole nitrogens is 1. The molecule has 0 saturated heterocycles. The number of nitrogens with one attached hydrogen (secondary N) is 1. The predicted molar refractivity (Wildman–Crippen MR) is 147 cm³/mol. The molecule has 1 aliphatic rings. The molecule has 0 spiro atoms.